The molecule has 0 aliphatic carbocycles. The van der Waals surface area contributed by atoms with Crippen molar-refractivity contribution in [2.75, 3.05) is 12.4 Å². The second-order valence-electron chi connectivity index (χ2n) is 4.26. The molecule has 1 saturated heterocycles. The summed E-state index contributed by atoms with van der Waals surface area (Å²) in [5, 5.41) is 0.160. The number of hydrogen-bond donors (Lipinski definition) is 0. The molecule has 3 nitrogen and oxygen atoms in total. The largest absolute Gasteiger partial charge is 0.452 e. The van der Waals surface area contributed by atoms with E-state index in [1.165, 1.54) is 6.26 Å². The molecule has 17 heavy (non-hydrogen) atoms. The highest BCUT2D eigenvalue weighted by Gasteiger charge is 2.27. The molecule has 1 unspecified atom stereocenters. The van der Waals surface area contributed by atoms with Gasteiger partial charge < -0.3 is 9.32 Å². The molecule has 0 bridgehead atoms. The van der Waals surface area contributed by atoms with Crippen LogP contribution in [0.25, 0.3) is 0 Å². The molecule has 1 aliphatic heterocycles. The van der Waals surface area contributed by atoms with Gasteiger partial charge in [0.1, 0.15) is 0 Å². The van der Waals surface area contributed by atoms with E-state index in [0.29, 0.717) is 11.4 Å². The molecule has 1 aromatic heterocycles. The summed E-state index contributed by atoms with van der Waals surface area (Å²) in [6.07, 6.45) is 5.69. The smallest absolute Gasteiger partial charge is 0.259 e. The van der Waals surface area contributed by atoms with Gasteiger partial charge in [-0.25, -0.2) is 0 Å². The third kappa shape index (κ3) is 2.78. The average molecular weight is 276 g/mol. The van der Waals surface area contributed by atoms with Crippen molar-refractivity contribution in [1.82, 2.24) is 4.90 Å². The summed E-state index contributed by atoms with van der Waals surface area (Å²) in [6.45, 7) is 0.748. The first-order valence-electron chi connectivity index (χ1n) is 5.84. The predicted octanol–water partition coefficient (Wildman–Crippen LogP) is 3.56. The van der Waals surface area contributed by atoms with Crippen molar-refractivity contribution in [1.29, 1.82) is 0 Å². The summed E-state index contributed by atoms with van der Waals surface area (Å²) < 4.78 is 4.96. The topological polar surface area (TPSA) is 33.5 Å². The SMILES string of the molecule is O=C(c1ccoc1Cl)N1CCCCCC1CCl. The molecule has 0 radical (unpaired) electrons. The lowest BCUT2D eigenvalue weighted by Gasteiger charge is -2.28. The van der Waals surface area contributed by atoms with E-state index >= 15 is 0 Å². The monoisotopic (exact) mass is 275 g/mol. The Morgan fingerprint density at radius 2 is 2.29 bits per heavy atom. The van der Waals surface area contributed by atoms with Crippen LogP contribution in [0.15, 0.2) is 16.7 Å². The number of halogens is 2. The summed E-state index contributed by atoms with van der Waals surface area (Å²) in [7, 11) is 0. The summed E-state index contributed by atoms with van der Waals surface area (Å²) in [5.41, 5.74) is 0.434. The Morgan fingerprint density at radius 1 is 1.47 bits per heavy atom. The molecule has 0 spiro atoms. The van der Waals surface area contributed by atoms with Gasteiger partial charge in [0.2, 0.25) is 5.22 Å². The Balaban J connectivity index is 2.18. The zero-order valence-corrected chi connectivity index (χ0v) is 11.0. The molecule has 1 fully saturated rings. The van der Waals surface area contributed by atoms with Gasteiger partial charge in [0.15, 0.2) is 0 Å². The highest BCUT2D eigenvalue weighted by molar-refractivity contribution is 6.32. The summed E-state index contributed by atoms with van der Waals surface area (Å²) in [4.78, 5) is 14.2. The van der Waals surface area contributed by atoms with Crippen molar-refractivity contribution in [3.05, 3.63) is 23.1 Å². The Kier molecular flexibility index (Phi) is 4.35. The zero-order chi connectivity index (χ0) is 12.3. The molecule has 1 aliphatic rings. The molecule has 0 saturated carbocycles. The number of alkyl halides is 1. The first kappa shape index (κ1) is 12.8. The fourth-order valence-electron chi connectivity index (χ4n) is 2.21. The number of carbonyl (C=O) groups is 1. The number of hydrogen-bond acceptors (Lipinski definition) is 2. The van der Waals surface area contributed by atoms with Gasteiger partial charge in [0.05, 0.1) is 11.8 Å². The van der Waals surface area contributed by atoms with Gasteiger partial charge in [0, 0.05) is 18.5 Å². The van der Waals surface area contributed by atoms with Crippen LogP contribution in [-0.4, -0.2) is 29.3 Å². The van der Waals surface area contributed by atoms with E-state index in [2.05, 4.69) is 0 Å². The minimum atomic E-state index is -0.0729. The van der Waals surface area contributed by atoms with Crippen LogP contribution in [0, 0.1) is 0 Å². The van der Waals surface area contributed by atoms with Crippen LogP contribution in [0.1, 0.15) is 36.0 Å². The van der Waals surface area contributed by atoms with Crippen molar-refractivity contribution in [3.63, 3.8) is 0 Å². The molecular weight excluding hydrogens is 261 g/mol. The van der Waals surface area contributed by atoms with Crippen molar-refractivity contribution in [2.45, 2.75) is 31.7 Å². The van der Waals surface area contributed by atoms with E-state index < -0.39 is 0 Å². The third-order valence-electron chi connectivity index (χ3n) is 3.16. The molecule has 94 valence electrons. The first-order valence-corrected chi connectivity index (χ1v) is 6.75. The quantitative estimate of drug-likeness (QED) is 0.774. The van der Waals surface area contributed by atoms with Gasteiger partial charge in [-0.1, -0.05) is 12.8 Å². The van der Waals surface area contributed by atoms with E-state index in [1.54, 1.807) is 6.07 Å². The third-order valence-corrected chi connectivity index (χ3v) is 3.81. The van der Waals surface area contributed by atoms with Gasteiger partial charge in [-0.15, -0.1) is 11.6 Å². The fourth-order valence-corrected chi connectivity index (χ4v) is 2.72. The Hall–Kier alpha value is -0.670. The molecule has 5 heteroatoms. The summed E-state index contributed by atoms with van der Waals surface area (Å²) in [5.74, 6) is 0.401. The summed E-state index contributed by atoms with van der Waals surface area (Å²) >= 11 is 11.8. The highest BCUT2D eigenvalue weighted by atomic mass is 35.5. The van der Waals surface area contributed by atoms with Crippen molar-refractivity contribution in [3.8, 4) is 0 Å². The lowest BCUT2D eigenvalue weighted by Crippen LogP contribution is -2.41. The maximum atomic E-state index is 12.3. The second kappa shape index (κ2) is 5.78. The van der Waals surface area contributed by atoms with Crippen LogP contribution in [-0.2, 0) is 0 Å². The lowest BCUT2D eigenvalue weighted by atomic mass is 10.1. The average Bonchev–Trinajstić information content (AvgIpc) is 2.64. The maximum absolute atomic E-state index is 12.3. The number of rotatable bonds is 2. The Morgan fingerprint density at radius 3 is 2.94 bits per heavy atom. The van der Waals surface area contributed by atoms with E-state index in [-0.39, 0.29) is 17.2 Å². The fraction of sp³-hybridized carbons (Fsp3) is 0.583. The first-order chi connectivity index (χ1) is 8.24. The van der Waals surface area contributed by atoms with E-state index in [4.69, 9.17) is 27.6 Å². The number of carbonyl (C=O) groups excluding carboxylic acids is 1. The van der Waals surface area contributed by atoms with Crippen molar-refractivity contribution < 1.29 is 9.21 Å². The van der Waals surface area contributed by atoms with Crippen LogP contribution in [0.3, 0.4) is 0 Å². The number of nitrogens with zero attached hydrogens (tertiary/aromatic N) is 1. The molecule has 2 heterocycles. The van der Waals surface area contributed by atoms with Crippen molar-refractivity contribution in [2.24, 2.45) is 0 Å². The molecule has 0 N–H and O–H groups in total. The normalized spacial score (nSPS) is 21.3. The van der Waals surface area contributed by atoms with Crippen LogP contribution in [0.4, 0.5) is 0 Å². The molecule has 1 aromatic rings. The minimum Gasteiger partial charge on any atom is -0.452 e. The molecule has 2 rings (SSSR count). The van der Waals surface area contributed by atoms with Gasteiger partial charge in [-0.2, -0.15) is 0 Å². The van der Waals surface area contributed by atoms with Crippen molar-refractivity contribution >= 4 is 29.1 Å². The van der Waals surface area contributed by atoms with Gasteiger partial charge >= 0.3 is 0 Å². The molecular formula is C12H15Cl2NO2. The Labute approximate surface area is 111 Å². The lowest BCUT2D eigenvalue weighted by molar-refractivity contribution is 0.0700. The zero-order valence-electron chi connectivity index (χ0n) is 9.49. The number of furan rings is 1. The number of amides is 1. The van der Waals surface area contributed by atoms with E-state index in [9.17, 15) is 4.79 Å². The molecule has 1 amide bonds. The standard InChI is InChI=1S/C12H15Cl2NO2/c13-8-9-4-2-1-3-6-15(9)12(16)10-5-7-17-11(10)14/h5,7,9H,1-4,6,8H2. The number of likely N-dealkylation sites (tertiary alicyclic amines) is 1. The van der Waals surface area contributed by atoms with Crippen LogP contribution < -0.4 is 0 Å². The predicted molar refractivity (Wildman–Crippen MR) is 67.7 cm³/mol. The summed E-state index contributed by atoms with van der Waals surface area (Å²) in [6, 6.07) is 1.72. The van der Waals surface area contributed by atoms with Gasteiger partial charge in [-0.05, 0) is 30.5 Å². The maximum Gasteiger partial charge on any atom is 0.259 e. The second-order valence-corrected chi connectivity index (χ2v) is 4.92. The molecule has 1 atom stereocenters. The van der Waals surface area contributed by atoms with Crippen LogP contribution in [0.5, 0.6) is 0 Å². The van der Waals surface area contributed by atoms with Crippen LogP contribution >= 0.6 is 23.2 Å². The minimum absolute atomic E-state index is 0.0729. The van der Waals surface area contributed by atoms with Gasteiger partial charge in [0.25, 0.3) is 5.91 Å². The molecule has 0 aromatic carbocycles. The van der Waals surface area contributed by atoms with E-state index in [1.807, 2.05) is 4.90 Å². The highest BCUT2D eigenvalue weighted by Crippen LogP contribution is 2.24. The van der Waals surface area contributed by atoms with E-state index in [0.717, 1.165) is 32.2 Å². The van der Waals surface area contributed by atoms with Crippen LogP contribution in [0.2, 0.25) is 5.22 Å². The Bertz CT molecular complexity index is 392. The van der Waals surface area contributed by atoms with Gasteiger partial charge in [-0.3, -0.25) is 4.79 Å².